The molecule has 3 nitrogen and oxygen atoms in total. The van der Waals surface area contributed by atoms with Gasteiger partial charge < -0.3 is 10.6 Å². The second-order valence-corrected chi connectivity index (χ2v) is 6.01. The quantitative estimate of drug-likeness (QED) is 0.653. The van der Waals surface area contributed by atoms with E-state index in [-0.39, 0.29) is 0 Å². The van der Waals surface area contributed by atoms with Crippen molar-refractivity contribution in [2.24, 2.45) is 0 Å². The van der Waals surface area contributed by atoms with Crippen molar-refractivity contribution < 1.29 is 0 Å². The number of benzene rings is 1. The Kier molecular flexibility index (Phi) is 5.20. The summed E-state index contributed by atoms with van der Waals surface area (Å²) in [6.07, 6.45) is 0. The maximum Gasteiger partial charge on any atom is 0.0387 e. The Labute approximate surface area is 114 Å². The SMILES string of the molecule is CCSCCN1CCN(c2cccc(N)c2)CC1. The summed E-state index contributed by atoms with van der Waals surface area (Å²) in [4.78, 5) is 4.99. The topological polar surface area (TPSA) is 32.5 Å². The molecule has 2 N–H and O–H groups in total. The molecular formula is C14H23N3S. The van der Waals surface area contributed by atoms with E-state index in [0.717, 1.165) is 18.8 Å². The molecule has 0 radical (unpaired) electrons. The van der Waals surface area contributed by atoms with Crippen molar-refractivity contribution >= 4 is 23.1 Å². The van der Waals surface area contributed by atoms with Gasteiger partial charge in [0, 0.05) is 49.9 Å². The van der Waals surface area contributed by atoms with Gasteiger partial charge in [0.15, 0.2) is 0 Å². The van der Waals surface area contributed by atoms with E-state index in [1.54, 1.807) is 0 Å². The fourth-order valence-electron chi connectivity index (χ4n) is 2.29. The van der Waals surface area contributed by atoms with Gasteiger partial charge >= 0.3 is 0 Å². The number of hydrogen-bond donors (Lipinski definition) is 1. The molecule has 0 atom stereocenters. The first-order chi connectivity index (χ1) is 8.79. The Morgan fingerprint density at radius 1 is 1.22 bits per heavy atom. The number of hydrogen-bond acceptors (Lipinski definition) is 4. The third-order valence-electron chi connectivity index (χ3n) is 3.36. The monoisotopic (exact) mass is 265 g/mol. The van der Waals surface area contributed by atoms with Crippen LogP contribution in [0.3, 0.4) is 0 Å². The Hall–Kier alpha value is -0.870. The molecule has 0 amide bonds. The second kappa shape index (κ2) is 6.90. The molecule has 0 unspecified atom stereocenters. The molecule has 0 bridgehead atoms. The summed E-state index contributed by atoms with van der Waals surface area (Å²) >= 11 is 2.03. The standard InChI is InChI=1S/C14H23N3S/c1-2-18-11-10-16-6-8-17(9-7-16)14-5-3-4-13(15)12-14/h3-5,12H,2,6-11,15H2,1H3. The van der Waals surface area contributed by atoms with Crippen molar-refractivity contribution in [1.82, 2.24) is 4.90 Å². The minimum atomic E-state index is 0.856. The van der Waals surface area contributed by atoms with Crippen LogP contribution in [0, 0.1) is 0 Å². The van der Waals surface area contributed by atoms with Gasteiger partial charge in [-0.15, -0.1) is 0 Å². The van der Waals surface area contributed by atoms with Gasteiger partial charge in [-0.1, -0.05) is 13.0 Å². The van der Waals surface area contributed by atoms with Crippen LogP contribution >= 0.6 is 11.8 Å². The first-order valence-electron chi connectivity index (χ1n) is 6.70. The Balaban J connectivity index is 1.79. The van der Waals surface area contributed by atoms with Crippen molar-refractivity contribution in [3.63, 3.8) is 0 Å². The van der Waals surface area contributed by atoms with Crippen molar-refractivity contribution in [2.45, 2.75) is 6.92 Å². The van der Waals surface area contributed by atoms with Gasteiger partial charge in [0.05, 0.1) is 0 Å². The van der Waals surface area contributed by atoms with E-state index < -0.39 is 0 Å². The minimum Gasteiger partial charge on any atom is -0.399 e. The zero-order valence-corrected chi connectivity index (χ0v) is 12.0. The Bertz CT molecular complexity index is 362. The molecule has 1 aliphatic heterocycles. The largest absolute Gasteiger partial charge is 0.399 e. The highest BCUT2D eigenvalue weighted by Gasteiger charge is 2.16. The first kappa shape index (κ1) is 13.6. The third-order valence-corrected chi connectivity index (χ3v) is 4.24. The molecule has 1 saturated heterocycles. The van der Waals surface area contributed by atoms with Crippen LogP contribution < -0.4 is 10.6 Å². The van der Waals surface area contributed by atoms with Crippen LogP contribution in [0.15, 0.2) is 24.3 Å². The maximum atomic E-state index is 5.83. The van der Waals surface area contributed by atoms with Crippen LogP contribution in [0.25, 0.3) is 0 Å². The lowest BCUT2D eigenvalue weighted by atomic mass is 10.2. The Morgan fingerprint density at radius 3 is 2.67 bits per heavy atom. The van der Waals surface area contributed by atoms with Gasteiger partial charge in [-0.25, -0.2) is 0 Å². The van der Waals surface area contributed by atoms with E-state index in [0.29, 0.717) is 0 Å². The summed E-state index contributed by atoms with van der Waals surface area (Å²) in [5.74, 6) is 2.48. The molecule has 0 spiro atoms. The van der Waals surface area contributed by atoms with Crippen molar-refractivity contribution in [1.29, 1.82) is 0 Å². The van der Waals surface area contributed by atoms with E-state index in [9.17, 15) is 0 Å². The average molecular weight is 265 g/mol. The van der Waals surface area contributed by atoms with Crippen LogP contribution in [-0.4, -0.2) is 49.1 Å². The van der Waals surface area contributed by atoms with Gasteiger partial charge in [-0.05, 0) is 24.0 Å². The fourth-order valence-corrected chi connectivity index (χ4v) is 2.97. The van der Waals surface area contributed by atoms with Gasteiger partial charge in [-0.2, -0.15) is 11.8 Å². The lowest BCUT2D eigenvalue weighted by Gasteiger charge is -2.36. The molecule has 1 aromatic rings. The third kappa shape index (κ3) is 3.82. The lowest BCUT2D eigenvalue weighted by molar-refractivity contribution is 0.273. The molecule has 100 valence electrons. The molecule has 1 fully saturated rings. The molecule has 2 rings (SSSR count). The van der Waals surface area contributed by atoms with Crippen LogP contribution in [0.1, 0.15) is 6.92 Å². The highest BCUT2D eigenvalue weighted by atomic mass is 32.2. The summed E-state index contributed by atoms with van der Waals surface area (Å²) in [7, 11) is 0. The predicted molar refractivity (Wildman–Crippen MR) is 82.5 cm³/mol. The molecule has 0 aliphatic carbocycles. The van der Waals surface area contributed by atoms with Gasteiger partial charge in [0.25, 0.3) is 0 Å². The smallest absolute Gasteiger partial charge is 0.0387 e. The first-order valence-corrected chi connectivity index (χ1v) is 7.85. The lowest BCUT2D eigenvalue weighted by Crippen LogP contribution is -2.47. The van der Waals surface area contributed by atoms with E-state index in [4.69, 9.17) is 5.73 Å². The molecule has 1 aliphatic rings. The molecule has 4 heteroatoms. The van der Waals surface area contributed by atoms with Crippen LogP contribution in [-0.2, 0) is 0 Å². The molecular weight excluding hydrogens is 242 g/mol. The highest BCUT2D eigenvalue weighted by Crippen LogP contribution is 2.19. The molecule has 18 heavy (non-hydrogen) atoms. The summed E-state index contributed by atoms with van der Waals surface area (Å²) in [6, 6.07) is 8.21. The summed E-state index contributed by atoms with van der Waals surface area (Å²) in [6.45, 7) is 8.00. The van der Waals surface area contributed by atoms with Crippen LogP contribution in [0.4, 0.5) is 11.4 Å². The predicted octanol–water partition coefficient (Wildman–Crippen LogP) is 2.14. The van der Waals surface area contributed by atoms with E-state index in [1.165, 1.54) is 36.8 Å². The molecule has 1 aromatic carbocycles. The molecule has 0 saturated carbocycles. The summed E-state index contributed by atoms with van der Waals surface area (Å²) in [5.41, 5.74) is 7.95. The number of anilines is 2. The normalized spacial score (nSPS) is 17.1. The number of rotatable bonds is 5. The highest BCUT2D eigenvalue weighted by molar-refractivity contribution is 7.99. The number of nitrogens with two attached hydrogens (primary N) is 1. The number of nitrogens with zero attached hydrogens (tertiary/aromatic N) is 2. The van der Waals surface area contributed by atoms with Gasteiger partial charge in [0.2, 0.25) is 0 Å². The number of piperazine rings is 1. The van der Waals surface area contributed by atoms with Crippen molar-refractivity contribution in [2.75, 3.05) is 54.9 Å². The van der Waals surface area contributed by atoms with Gasteiger partial charge in [-0.3, -0.25) is 4.90 Å². The zero-order chi connectivity index (χ0) is 12.8. The van der Waals surface area contributed by atoms with E-state index in [1.807, 2.05) is 23.9 Å². The Morgan fingerprint density at radius 2 is 2.00 bits per heavy atom. The zero-order valence-electron chi connectivity index (χ0n) is 11.1. The summed E-state index contributed by atoms with van der Waals surface area (Å²) in [5, 5.41) is 0. The fraction of sp³-hybridized carbons (Fsp3) is 0.571. The second-order valence-electron chi connectivity index (χ2n) is 4.62. The van der Waals surface area contributed by atoms with E-state index in [2.05, 4.69) is 28.9 Å². The molecule has 1 heterocycles. The maximum absolute atomic E-state index is 5.83. The van der Waals surface area contributed by atoms with E-state index >= 15 is 0 Å². The summed E-state index contributed by atoms with van der Waals surface area (Å²) < 4.78 is 0. The number of thioether (sulfide) groups is 1. The molecule has 0 aromatic heterocycles. The minimum absolute atomic E-state index is 0.856. The average Bonchev–Trinajstić information content (AvgIpc) is 2.40. The van der Waals surface area contributed by atoms with Crippen molar-refractivity contribution in [3.8, 4) is 0 Å². The van der Waals surface area contributed by atoms with Crippen molar-refractivity contribution in [3.05, 3.63) is 24.3 Å². The number of nitrogen functional groups attached to an aromatic ring is 1. The van der Waals surface area contributed by atoms with Crippen LogP contribution in [0.5, 0.6) is 0 Å². The van der Waals surface area contributed by atoms with Gasteiger partial charge in [0.1, 0.15) is 0 Å². The van der Waals surface area contributed by atoms with Crippen LogP contribution in [0.2, 0.25) is 0 Å².